The molecule has 2 heterocycles. The average molecular weight is 291 g/mol. The molecule has 2 aromatic rings. The van der Waals surface area contributed by atoms with E-state index in [0.717, 1.165) is 0 Å². The van der Waals surface area contributed by atoms with Crippen molar-refractivity contribution in [3.63, 3.8) is 0 Å². The normalized spacial score (nSPS) is 16.6. The van der Waals surface area contributed by atoms with E-state index in [-0.39, 0.29) is 36.0 Å². The number of hydrogen-bond donors (Lipinski definition) is 0. The van der Waals surface area contributed by atoms with Crippen LogP contribution in [0.5, 0.6) is 5.75 Å². The summed E-state index contributed by atoms with van der Waals surface area (Å²) >= 11 is 0. The van der Waals surface area contributed by atoms with Crippen LogP contribution in [0.15, 0.2) is 23.1 Å². The first-order chi connectivity index (χ1) is 10.0. The van der Waals surface area contributed by atoms with Gasteiger partial charge in [0, 0.05) is 6.20 Å². The van der Waals surface area contributed by atoms with E-state index in [1.54, 1.807) is 11.5 Å². The molecule has 0 unspecified atom stereocenters. The lowest BCUT2D eigenvalue weighted by Crippen LogP contribution is -2.27. The lowest BCUT2D eigenvalue weighted by Gasteiger charge is -2.27. The second kappa shape index (κ2) is 4.87. The van der Waals surface area contributed by atoms with E-state index >= 15 is 0 Å². The zero-order chi connectivity index (χ0) is 15.1. The van der Waals surface area contributed by atoms with Gasteiger partial charge in [0.05, 0.1) is 23.6 Å². The molecule has 0 spiro atoms. The van der Waals surface area contributed by atoms with Gasteiger partial charge in [-0.1, -0.05) is 0 Å². The third kappa shape index (κ3) is 1.98. The van der Waals surface area contributed by atoms with Gasteiger partial charge in [0.1, 0.15) is 12.2 Å². The molecule has 0 aliphatic carbocycles. The summed E-state index contributed by atoms with van der Waals surface area (Å²) in [7, 11) is 0. The minimum Gasteiger partial charge on any atom is -0.486 e. The Labute approximate surface area is 119 Å². The molecule has 21 heavy (non-hydrogen) atoms. The second-order valence-corrected chi connectivity index (χ2v) is 4.93. The number of rotatable bonds is 2. The van der Waals surface area contributed by atoms with Crippen molar-refractivity contribution in [3.05, 3.63) is 39.9 Å². The van der Waals surface area contributed by atoms with E-state index in [9.17, 15) is 14.0 Å². The molecule has 0 radical (unpaired) electrons. The minimum atomic E-state index is -0.669. The van der Waals surface area contributed by atoms with Crippen LogP contribution in [0, 0.1) is 5.82 Å². The molecule has 0 saturated heterocycles. The highest BCUT2D eigenvalue weighted by Crippen LogP contribution is 2.33. The fraction of sp³-hybridized carbons (Fsp3) is 0.333. The number of benzene rings is 1. The van der Waals surface area contributed by atoms with Gasteiger partial charge in [-0.25, -0.2) is 9.18 Å². The molecule has 1 aromatic carbocycles. The van der Waals surface area contributed by atoms with Crippen molar-refractivity contribution in [3.8, 4) is 5.75 Å². The predicted octanol–water partition coefficient (Wildman–Crippen LogP) is 2.27. The van der Waals surface area contributed by atoms with Crippen LogP contribution in [0.4, 0.5) is 4.39 Å². The summed E-state index contributed by atoms with van der Waals surface area (Å²) in [6.45, 7) is 4.00. The summed E-state index contributed by atoms with van der Waals surface area (Å²) in [6, 6.07) is 2.43. The Balaban J connectivity index is 2.37. The van der Waals surface area contributed by atoms with Crippen LogP contribution >= 0.6 is 0 Å². The molecule has 1 atom stereocenters. The van der Waals surface area contributed by atoms with Gasteiger partial charge in [-0.3, -0.25) is 4.79 Å². The Kier molecular flexibility index (Phi) is 3.16. The lowest BCUT2D eigenvalue weighted by molar-refractivity contribution is 0.0523. The molecule has 1 aliphatic rings. The highest BCUT2D eigenvalue weighted by atomic mass is 19.1. The maximum atomic E-state index is 13.8. The summed E-state index contributed by atoms with van der Waals surface area (Å²) in [5.74, 6) is -1.14. The van der Waals surface area contributed by atoms with Gasteiger partial charge >= 0.3 is 5.97 Å². The molecule has 110 valence electrons. The van der Waals surface area contributed by atoms with E-state index in [4.69, 9.17) is 9.47 Å². The predicted molar refractivity (Wildman–Crippen MR) is 74.3 cm³/mol. The number of carbonyl (C=O) groups excluding carboxylic acids is 1. The zero-order valence-electron chi connectivity index (χ0n) is 11.7. The third-order valence-electron chi connectivity index (χ3n) is 3.54. The number of ether oxygens (including phenoxy) is 2. The van der Waals surface area contributed by atoms with Gasteiger partial charge in [-0.15, -0.1) is 0 Å². The van der Waals surface area contributed by atoms with Crippen LogP contribution < -0.4 is 10.2 Å². The lowest BCUT2D eigenvalue weighted by atomic mass is 10.1. The molecule has 0 N–H and O–H groups in total. The van der Waals surface area contributed by atoms with Crippen molar-refractivity contribution in [1.82, 2.24) is 4.57 Å². The Morgan fingerprint density at radius 3 is 3.00 bits per heavy atom. The number of nitrogens with zero attached hydrogens (tertiary/aromatic N) is 1. The minimum absolute atomic E-state index is 0.0457. The highest BCUT2D eigenvalue weighted by Gasteiger charge is 2.26. The molecular weight excluding hydrogens is 277 g/mol. The van der Waals surface area contributed by atoms with E-state index in [2.05, 4.69) is 0 Å². The molecule has 1 aromatic heterocycles. The number of esters is 1. The first-order valence-corrected chi connectivity index (χ1v) is 6.71. The Morgan fingerprint density at radius 2 is 2.29 bits per heavy atom. The largest absolute Gasteiger partial charge is 0.486 e. The average Bonchev–Trinajstić information content (AvgIpc) is 2.46. The van der Waals surface area contributed by atoms with Crippen molar-refractivity contribution in [2.75, 3.05) is 13.2 Å². The van der Waals surface area contributed by atoms with Crippen LogP contribution in [-0.2, 0) is 4.74 Å². The molecule has 0 bridgehead atoms. The van der Waals surface area contributed by atoms with Crippen LogP contribution in [0.3, 0.4) is 0 Å². The maximum Gasteiger partial charge on any atom is 0.343 e. The monoisotopic (exact) mass is 291 g/mol. The van der Waals surface area contributed by atoms with Crippen LogP contribution in [0.1, 0.15) is 30.2 Å². The number of aromatic nitrogens is 1. The van der Waals surface area contributed by atoms with Crippen molar-refractivity contribution >= 4 is 16.9 Å². The summed E-state index contributed by atoms with van der Waals surface area (Å²) in [4.78, 5) is 24.3. The topological polar surface area (TPSA) is 57.5 Å². The number of carbonyl (C=O) groups is 1. The summed E-state index contributed by atoms with van der Waals surface area (Å²) in [6.07, 6.45) is 1.43. The highest BCUT2D eigenvalue weighted by molar-refractivity contribution is 5.95. The Hall–Kier alpha value is -2.37. The summed E-state index contributed by atoms with van der Waals surface area (Å²) in [5.41, 5.74) is -0.138. The first-order valence-electron chi connectivity index (χ1n) is 6.71. The SMILES string of the molecule is CCOC(=O)c1cn2c3c(c(F)ccc3c1=O)OC[C@@H]2C. The van der Waals surface area contributed by atoms with Gasteiger partial charge in [0.2, 0.25) is 5.43 Å². The Bertz CT molecular complexity index is 796. The van der Waals surface area contributed by atoms with Crippen molar-refractivity contribution in [2.45, 2.75) is 19.9 Å². The van der Waals surface area contributed by atoms with E-state index in [0.29, 0.717) is 5.52 Å². The van der Waals surface area contributed by atoms with Crippen LogP contribution in [-0.4, -0.2) is 23.8 Å². The van der Waals surface area contributed by atoms with E-state index in [1.807, 2.05) is 6.92 Å². The fourth-order valence-electron chi connectivity index (χ4n) is 2.52. The standard InChI is InChI=1S/C15H14FNO4/c1-3-20-15(19)10-6-17-8(2)7-21-14-11(16)5-4-9(12(14)17)13(10)18/h4-6,8H,3,7H2,1-2H3/t8-/m0/s1. The smallest absolute Gasteiger partial charge is 0.343 e. The molecule has 5 nitrogen and oxygen atoms in total. The number of hydrogen-bond acceptors (Lipinski definition) is 4. The fourth-order valence-corrected chi connectivity index (χ4v) is 2.52. The molecule has 0 amide bonds. The van der Waals surface area contributed by atoms with Crippen LogP contribution in [0.25, 0.3) is 10.9 Å². The zero-order valence-corrected chi connectivity index (χ0v) is 11.7. The van der Waals surface area contributed by atoms with Crippen molar-refractivity contribution in [1.29, 1.82) is 0 Å². The Morgan fingerprint density at radius 1 is 1.52 bits per heavy atom. The molecule has 3 rings (SSSR count). The van der Waals surface area contributed by atoms with E-state index < -0.39 is 17.2 Å². The molecule has 0 saturated carbocycles. The number of pyridine rings is 1. The van der Waals surface area contributed by atoms with E-state index in [1.165, 1.54) is 18.3 Å². The number of halogens is 1. The third-order valence-corrected chi connectivity index (χ3v) is 3.54. The summed E-state index contributed by atoms with van der Waals surface area (Å²) in [5, 5.41) is 0.253. The first kappa shape index (κ1) is 13.6. The molecule has 6 heteroatoms. The summed E-state index contributed by atoms with van der Waals surface area (Å²) < 4.78 is 25.8. The molecule has 1 aliphatic heterocycles. The van der Waals surface area contributed by atoms with Crippen molar-refractivity contribution in [2.24, 2.45) is 0 Å². The second-order valence-electron chi connectivity index (χ2n) is 4.93. The van der Waals surface area contributed by atoms with Crippen LogP contribution in [0.2, 0.25) is 0 Å². The van der Waals surface area contributed by atoms with Gasteiger partial charge < -0.3 is 14.0 Å². The molecule has 0 fully saturated rings. The van der Waals surface area contributed by atoms with Gasteiger partial charge in [-0.2, -0.15) is 0 Å². The van der Waals surface area contributed by atoms with Gasteiger partial charge in [-0.05, 0) is 26.0 Å². The van der Waals surface area contributed by atoms with Gasteiger partial charge in [0.25, 0.3) is 0 Å². The van der Waals surface area contributed by atoms with Crippen molar-refractivity contribution < 1.29 is 18.7 Å². The van der Waals surface area contributed by atoms with Gasteiger partial charge in [0.15, 0.2) is 11.6 Å². The quantitative estimate of drug-likeness (QED) is 0.796. The maximum absolute atomic E-state index is 13.8. The molecular formula is C15H14FNO4.